The van der Waals surface area contributed by atoms with E-state index in [1.54, 1.807) is 0 Å². The zero-order chi connectivity index (χ0) is 9.73. The molecule has 0 saturated carbocycles. The summed E-state index contributed by atoms with van der Waals surface area (Å²) < 4.78 is 26.6. The van der Waals surface area contributed by atoms with E-state index < -0.39 is 7.82 Å². The molecule has 13 heavy (non-hydrogen) atoms. The summed E-state index contributed by atoms with van der Waals surface area (Å²) in [5, 5.41) is 0. The maximum atomic E-state index is 11.5. The molecule has 5 heteroatoms. The Labute approximate surface area is 79.2 Å². The minimum atomic E-state index is -3.17. The molecule has 1 rings (SSSR count). The van der Waals surface area contributed by atoms with E-state index in [4.69, 9.17) is 13.6 Å². The zero-order valence-corrected chi connectivity index (χ0v) is 9.09. The van der Waals surface area contributed by atoms with Gasteiger partial charge in [-0.3, -0.25) is 13.6 Å². The lowest BCUT2D eigenvalue weighted by Gasteiger charge is -2.09. The number of hydrogen-bond donors (Lipinski definition) is 0. The van der Waals surface area contributed by atoms with E-state index in [0.717, 1.165) is 19.3 Å². The van der Waals surface area contributed by atoms with Crippen LogP contribution in [0.2, 0.25) is 0 Å². The summed E-state index contributed by atoms with van der Waals surface area (Å²) in [5.74, 6) is 0. The van der Waals surface area contributed by atoms with E-state index in [0.29, 0.717) is 13.2 Å². The molecule has 1 aliphatic rings. The summed E-state index contributed by atoms with van der Waals surface area (Å²) in [5.41, 5.74) is 0. The van der Waals surface area contributed by atoms with Crippen molar-refractivity contribution in [1.29, 1.82) is 0 Å². The molecule has 0 radical (unpaired) electrons. The summed E-state index contributed by atoms with van der Waals surface area (Å²) in [6.07, 6.45) is 2.99. The first-order valence-electron chi connectivity index (χ1n) is 4.74. The molecular formula is C8H17O4P. The van der Waals surface area contributed by atoms with Crippen LogP contribution in [0.15, 0.2) is 0 Å². The van der Waals surface area contributed by atoms with Crippen molar-refractivity contribution in [1.82, 2.24) is 0 Å². The van der Waals surface area contributed by atoms with Crippen LogP contribution in [0.4, 0.5) is 0 Å². The van der Waals surface area contributed by atoms with Gasteiger partial charge in [-0.2, -0.15) is 0 Å². The summed E-state index contributed by atoms with van der Waals surface area (Å²) >= 11 is 0. The van der Waals surface area contributed by atoms with Gasteiger partial charge >= 0.3 is 7.82 Å². The molecular weight excluding hydrogens is 191 g/mol. The van der Waals surface area contributed by atoms with Crippen LogP contribution in [-0.4, -0.2) is 19.3 Å². The zero-order valence-electron chi connectivity index (χ0n) is 8.19. The Bertz CT molecular complexity index is 195. The molecule has 2 unspecified atom stereocenters. The lowest BCUT2D eigenvalue weighted by molar-refractivity contribution is 0.175. The average Bonchev–Trinajstić information content (AvgIpc) is 2.41. The highest BCUT2D eigenvalue weighted by atomic mass is 31.2. The lowest BCUT2D eigenvalue weighted by atomic mass is 10.3. The second kappa shape index (κ2) is 5.11. The first kappa shape index (κ1) is 11.2. The monoisotopic (exact) mass is 208 g/mol. The molecule has 2 atom stereocenters. The third kappa shape index (κ3) is 3.77. The van der Waals surface area contributed by atoms with Crippen molar-refractivity contribution in [2.45, 2.75) is 39.2 Å². The highest BCUT2D eigenvalue weighted by Gasteiger charge is 2.36. The molecule has 1 heterocycles. The van der Waals surface area contributed by atoms with Gasteiger partial charge in [-0.25, -0.2) is 4.57 Å². The molecule has 0 spiro atoms. The maximum Gasteiger partial charge on any atom is 0.475 e. The lowest BCUT2D eigenvalue weighted by Crippen LogP contribution is -2.00. The SMILES string of the molecule is CCCCCOP1(=O)OCC(C)O1. The predicted molar refractivity (Wildman–Crippen MR) is 49.6 cm³/mol. The molecule has 0 aromatic rings. The Hall–Kier alpha value is 0.110. The number of phosphoric ester groups is 1. The van der Waals surface area contributed by atoms with Crippen molar-refractivity contribution < 1.29 is 18.1 Å². The minimum Gasteiger partial charge on any atom is -0.287 e. The third-order valence-electron chi connectivity index (χ3n) is 1.77. The number of unbranched alkanes of at least 4 members (excludes halogenated alkanes) is 2. The van der Waals surface area contributed by atoms with Gasteiger partial charge in [0.05, 0.1) is 19.3 Å². The Morgan fingerprint density at radius 2 is 2.31 bits per heavy atom. The molecule has 1 aliphatic heterocycles. The molecule has 0 aliphatic carbocycles. The number of rotatable bonds is 5. The fourth-order valence-electron chi connectivity index (χ4n) is 1.07. The Balaban J connectivity index is 2.17. The number of phosphoric acid groups is 1. The van der Waals surface area contributed by atoms with Crippen LogP contribution < -0.4 is 0 Å². The summed E-state index contributed by atoms with van der Waals surface area (Å²) in [7, 11) is -3.17. The van der Waals surface area contributed by atoms with Crippen molar-refractivity contribution in [2.75, 3.05) is 13.2 Å². The fourth-order valence-corrected chi connectivity index (χ4v) is 2.52. The van der Waals surface area contributed by atoms with Crippen LogP contribution in [0.1, 0.15) is 33.1 Å². The van der Waals surface area contributed by atoms with Gasteiger partial charge in [-0.15, -0.1) is 0 Å². The first-order valence-corrected chi connectivity index (χ1v) is 6.20. The number of hydrogen-bond acceptors (Lipinski definition) is 4. The van der Waals surface area contributed by atoms with E-state index >= 15 is 0 Å². The van der Waals surface area contributed by atoms with Gasteiger partial charge in [0.1, 0.15) is 0 Å². The molecule has 0 bridgehead atoms. The van der Waals surface area contributed by atoms with Crippen LogP contribution in [-0.2, 0) is 18.1 Å². The van der Waals surface area contributed by atoms with E-state index in [9.17, 15) is 4.57 Å². The van der Waals surface area contributed by atoms with E-state index in [2.05, 4.69) is 6.92 Å². The normalized spacial score (nSPS) is 33.8. The van der Waals surface area contributed by atoms with Crippen LogP contribution >= 0.6 is 7.82 Å². The standard InChI is InChI=1S/C8H17O4P/c1-3-4-5-6-10-13(9)11-7-8(2)12-13/h8H,3-7H2,1-2H3. The minimum absolute atomic E-state index is 0.114. The van der Waals surface area contributed by atoms with Crippen LogP contribution in [0.25, 0.3) is 0 Å². The second-order valence-corrected chi connectivity index (χ2v) is 4.82. The van der Waals surface area contributed by atoms with Gasteiger partial charge in [0.15, 0.2) is 0 Å². The van der Waals surface area contributed by atoms with Crippen molar-refractivity contribution in [3.63, 3.8) is 0 Å². The van der Waals surface area contributed by atoms with Crippen LogP contribution in [0, 0.1) is 0 Å². The quantitative estimate of drug-likeness (QED) is 0.514. The van der Waals surface area contributed by atoms with Crippen LogP contribution in [0.3, 0.4) is 0 Å². The van der Waals surface area contributed by atoms with E-state index in [-0.39, 0.29) is 6.10 Å². The molecule has 0 aromatic carbocycles. The Morgan fingerprint density at radius 1 is 1.54 bits per heavy atom. The average molecular weight is 208 g/mol. The maximum absolute atomic E-state index is 11.5. The summed E-state index contributed by atoms with van der Waals surface area (Å²) in [6.45, 7) is 4.74. The van der Waals surface area contributed by atoms with Gasteiger partial charge in [0, 0.05) is 0 Å². The third-order valence-corrected chi connectivity index (χ3v) is 3.36. The molecule has 0 aromatic heterocycles. The van der Waals surface area contributed by atoms with Gasteiger partial charge in [0.25, 0.3) is 0 Å². The molecule has 78 valence electrons. The van der Waals surface area contributed by atoms with Crippen molar-refractivity contribution >= 4 is 7.82 Å². The molecule has 1 saturated heterocycles. The molecule has 4 nitrogen and oxygen atoms in total. The molecule has 1 fully saturated rings. The van der Waals surface area contributed by atoms with Gasteiger partial charge < -0.3 is 0 Å². The van der Waals surface area contributed by atoms with Crippen LogP contribution in [0.5, 0.6) is 0 Å². The van der Waals surface area contributed by atoms with Crippen molar-refractivity contribution in [3.8, 4) is 0 Å². The highest BCUT2D eigenvalue weighted by molar-refractivity contribution is 7.48. The van der Waals surface area contributed by atoms with Crippen molar-refractivity contribution in [2.24, 2.45) is 0 Å². The van der Waals surface area contributed by atoms with Gasteiger partial charge in [-0.1, -0.05) is 19.8 Å². The first-order chi connectivity index (χ1) is 6.16. The Morgan fingerprint density at radius 3 is 2.85 bits per heavy atom. The largest absolute Gasteiger partial charge is 0.475 e. The van der Waals surface area contributed by atoms with Gasteiger partial charge in [0.2, 0.25) is 0 Å². The fraction of sp³-hybridized carbons (Fsp3) is 1.00. The van der Waals surface area contributed by atoms with E-state index in [1.165, 1.54) is 0 Å². The smallest absolute Gasteiger partial charge is 0.287 e. The Kier molecular flexibility index (Phi) is 4.39. The van der Waals surface area contributed by atoms with Crippen molar-refractivity contribution in [3.05, 3.63) is 0 Å². The van der Waals surface area contributed by atoms with E-state index in [1.807, 2.05) is 6.92 Å². The summed E-state index contributed by atoms with van der Waals surface area (Å²) in [6, 6.07) is 0. The van der Waals surface area contributed by atoms with Gasteiger partial charge in [-0.05, 0) is 13.3 Å². The topological polar surface area (TPSA) is 44.8 Å². The molecule has 0 amide bonds. The second-order valence-electron chi connectivity index (χ2n) is 3.20. The predicted octanol–water partition coefficient (Wildman–Crippen LogP) is 2.74. The molecule has 0 N–H and O–H groups in total. The summed E-state index contributed by atoms with van der Waals surface area (Å²) in [4.78, 5) is 0. The highest BCUT2D eigenvalue weighted by Crippen LogP contribution is 2.54.